The number of benzene rings is 3. The molecule has 0 radical (unpaired) electrons. The lowest BCUT2D eigenvalue weighted by molar-refractivity contribution is 0.0595. The van der Waals surface area contributed by atoms with Crippen LogP contribution in [0.3, 0.4) is 0 Å². The smallest absolute Gasteiger partial charge is 0.339 e. The highest BCUT2D eigenvalue weighted by molar-refractivity contribution is 7.91. The molecular weight excluding hydrogens is 392 g/mol. The van der Waals surface area contributed by atoms with Crippen LogP contribution < -0.4 is 9.47 Å². The lowest BCUT2D eigenvalue weighted by Crippen LogP contribution is -2.12. The molecule has 0 unspecified atom stereocenters. The van der Waals surface area contributed by atoms with Crippen LogP contribution in [0.2, 0.25) is 0 Å². The highest BCUT2D eigenvalue weighted by Crippen LogP contribution is 2.36. The Kier molecular flexibility index (Phi) is 6.19. The van der Waals surface area contributed by atoms with Gasteiger partial charge in [-0.15, -0.1) is 0 Å². The van der Waals surface area contributed by atoms with Crippen molar-refractivity contribution >= 4 is 15.8 Å². The Labute approximate surface area is 169 Å². The second-order valence-electron chi connectivity index (χ2n) is 6.08. The fraction of sp³-hybridized carbons (Fsp3) is 0.136. The number of carbonyl (C=O) groups is 1. The Balaban J connectivity index is 2.08. The topological polar surface area (TPSA) is 78.9 Å². The zero-order chi connectivity index (χ0) is 20.9. The molecule has 0 aromatic heterocycles. The summed E-state index contributed by atoms with van der Waals surface area (Å²) in [5, 5.41) is 0. The molecule has 7 heteroatoms. The first-order valence-electron chi connectivity index (χ1n) is 8.74. The van der Waals surface area contributed by atoms with E-state index >= 15 is 0 Å². The van der Waals surface area contributed by atoms with E-state index in [0.717, 1.165) is 5.56 Å². The van der Waals surface area contributed by atoms with Gasteiger partial charge in [-0.3, -0.25) is 0 Å². The molecule has 0 amide bonds. The Morgan fingerprint density at radius 2 is 1.48 bits per heavy atom. The number of carbonyl (C=O) groups excluding carboxylic acids is 1. The minimum atomic E-state index is -3.98. The number of ether oxygens (including phenoxy) is 3. The van der Waals surface area contributed by atoms with E-state index in [2.05, 4.69) is 0 Å². The summed E-state index contributed by atoms with van der Waals surface area (Å²) < 4.78 is 42.2. The first-order valence-corrected chi connectivity index (χ1v) is 10.2. The maximum absolute atomic E-state index is 13.1. The predicted octanol–water partition coefficient (Wildman–Crippen LogP) is 3.89. The monoisotopic (exact) mass is 412 g/mol. The van der Waals surface area contributed by atoms with Crippen molar-refractivity contribution in [1.82, 2.24) is 0 Å². The molecule has 3 aromatic carbocycles. The largest absolute Gasteiger partial charge is 0.493 e. The van der Waals surface area contributed by atoms with Crippen LogP contribution in [0.1, 0.15) is 15.9 Å². The Hall–Kier alpha value is -3.32. The molecule has 0 spiro atoms. The van der Waals surface area contributed by atoms with Crippen LogP contribution in [-0.4, -0.2) is 28.6 Å². The number of rotatable bonds is 7. The van der Waals surface area contributed by atoms with Crippen molar-refractivity contribution in [1.29, 1.82) is 0 Å². The van der Waals surface area contributed by atoms with Gasteiger partial charge in [-0.1, -0.05) is 48.5 Å². The fourth-order valence-corrected chi connectivity index (χ4v) is 4.23. The lowest BCUT2D eigenvalue weighted by Gasteiger charge is -2.16. The first kappa shape index (κ1) is 20.4. The number of hydrogen-bond donors (Lipinski definition) is 0. The van der Waals surface area contributed by atoms with E-state index in [1.165, 1.54) is 38.5 Å². The van der Waals surface area contributed by atoms with Gasteiger partial charge in [0.1, 0.15) is 6.61 Å². The Morgan fingerprint density at radius 1 is 0.862 bits per heavy atom. The summed E-state index contributed by atoms with van der Waals surface area (Å²) in [6, 6.07) is 19.9. The molecule has 0 saturated heterocycles. The Bertz CT molecular complexity index is 1090. The van der Waals surface area contributed by atoms with Gasteiger partial charge in [-0.2, -0.15) is 0 Å². The molecule has 0 fully saturated rings. The van der Waals surface area contributed by atoms with Gasteiger partial charge in [0.25, 0.3) is 0 Å². The molecule has 0 aliphatic rings. The highest BCUT2D eigenvalue weighted by atomic mass is 32.2. The van der Waals surface area contributed by atoms with Gasteiger partial charge in [0.15, 0.2) is 11.5 Å². The van der Waals surface area contributed by atoms with E-state index in [1.807, 2.05) is 30.3 Å². The molecule has 0 aliphatic heterocycles. The van der Waals surface area contributed by atoms with Crippen LogP contribution in [0, 0.1) is 0 Å². The third-order valence-corrected chi connectivity index (χ3v) is 6.06. The van der Waals surface area contributed by atoms with Crippen molar-refractivity contribution in [3.63, 3.8) is 0 Å². The summed E-state index contributed by atoms with van der Waals surface area (Å²) >= 11 is 0. The zero-order valence-electron chi connectivity index (χ0n) is 16.0. The molecule has 0 N–H and O–H groups in total. The zero-order valence-corrected chi connectivity index (χ0v) is 16.8. The standard InChI is InChI=1S/C22H20O6S/c1-26-19-14-21(29(24,25)17-11-7-4-8-12-17)18(22(23)27-2)13-20(19)28-15-16-9-5-3-6-10-16/h3-14H,15H2,1-2H3. The van der Waals surface area contributed by atoms with Gasteiger partial charge in [-0.05, 0) is 23.8 Å². The van der Waals surface area contributed by atoms with Crippen LogP contribution in [0.4, 0.5) is 0 Å². The molecule has 0 bridgehead atoms. The van der Waals surface area contributed by atoms with Gasteiger partial charge in [0, 0.05) is 6.07 Å². The molecule has 150 valence electrons. The van der Waals surface area contributed by atoms with Crippen molar-refractivity contribution in [2.45, 2.75) is 16.4 Å². The molecule has 3 rings (SSSR count). The van der Waals surface area contributed by atoms with Gasteiger partial charge >= 0.3 is 5.97 Å². The first-order chi connectivity index (χ1) is 14.0. The van der Waals surface area contributed by atoms with Crippen LogP contribution in [-0.2, 0) is 21.2 Å². The van der Waals surface area contributed by atoms with E-state index in [1.54, 1.807) is 18.2 Å². The number of sulfone groups is 1. The normalized spacial score (nSPS) is 11.0. The summed E-state index contributed by atoms with van der Waals surface area (Å²) in [4.78, 5) is 12.2. The predicted molar refractivity (Wildman–Crippen MR) is 107 cm³/mol. The molecular formula is C22H20O6S. The number of methoxy groups -OCH3 is 2. The minimum Gasteiger partial charge on any atom is -0.493 e. The average molecular weight is 412 g/mol. The average Bonchev–Trinajstić information content (AvgIpc) is 2.77. The third-order valence-electron chi connectivity index (χ3n) is 4.25. The van der Waals surface area contributed by atoms with E-state index in [0.29, 0.717) is 0 Å². The maximum Gasteiger partial charge on any atom is 0.339 e. The lowest BCUT2D eigenvalue weighted by atomic mass is 10.2. The molecule has 0 atom stereocenters. The molecule has 29 heavy (non-hydrogen) atoms. The van der Waals surface area contributed by atoms with Crippen LogP contribution >= 0.6 is 0 Å². The number of esters is 1. The van der Waals surface area contributed by atoms with Gasteiger partial charge in [0.2, 0.25) is 9.84 Å². The Morgan fingerprint density at radius 3 is 2.07 bits per heavy atom. The third kappa shape index (κ3) is 4.41. The van der Waals surface area contributed by atoms with Gasteiger partial charge < -0.3 is 14.2 Å². The summed E-state index contributed by atoms with van der Waals surface area (Å²) in [6.45, 7) is 0.225. The van der Waals surface area contributed by atoms with E-state index in [-0.39, 0.29) is 33.5 Å². The van der Waals surface area contributed by atoms with Crippen molar-refractivity contribution < 1.29 is 27.4 Å². The van der Waals surface area contributed by atoms with Gasteiger partial charge in [-0.25, -0.2) is 13.2 Å². The quantitative estimate of drug-likeness (QED) is 0.548. The highest BCUT2D eigenvalue weighted by Gasteiger charge is 2.28. The van der Waals surface area contributed by atoms with Crippen molar-refractivity contribution in [3.05, 3.63) is 83.9 Å². The van der Waals surface area contributed by atoms with Gasteiger partial charge in [0.05, 0.1) is 29.6 Å². The van der Waals surface area contributed by atoms with E-state index < -0.39 is 15.8 Å². The summed E-state index contributed by atoms with van der Waals surface area (Å²) in [5.74, 6) is -0.349. The van der Waals surface area contributed by atoms with Crippen molar-refractivity contribution in [2.24, 2.45) is 0 Å². The summed E-state index contributed by atoms with van der Waals surface area (Å²) in [5.41, 5.74) is 0.787. The minimum absolute atomic E-state index is 0.0603. The van der Waals surface area contributed by atoms with Crippen molar-refractivity contribution in [3.8, 4) is 11.5 Å². The molecule has 0 aliphatic carbocycles. The summed E-state index contributed by atoms with van der Waals surface area (Å²) in [6.07, 6.45) is 0. The van der Waals surface area contributed by atoms with Crippen LogP contribution in [0.5, 0.6) is 11.5 Å². The molecule has 6 nitrogen and oxygen atoms in total. The van der Waals surface area contributed by atoms with E-state index in [9.17, 15) is 13.2 Å². The van der Waals surface area contributed by atoms with E-state index in [4.69, 9.17) is 14.2 Å². The summed E-state index contributed by atoms with van der Waals surface area (Å²) in [7, 11) is -1.38. The second kappa shape index (κ2) is 8.79. The molecule has 0 heterocycles. The SMILES string of the molecule is COC(=O)c1cc(OCc2ccccc2)c(OC)cc1S(=O)(=O)c1ccccc1. The fourth-order valence-electron chi connectivity index (χ4n) is 2.77. The second-order valence-corrected chi connectivity index (χ2v) is 8.00. The maximum atomic E-state index is 13.1. The molecule has 3 aromatic rings. The van der Waals surface area contributed by atoms with Crippen LogP contribution in [0.15, 0.2) is 82.6 Å². The molecule has 0 saturated carbocycles. The van der Waals surface area contributed by atoms with Crippen molar-refractivity contribution in [2.75, 3.05) is 14.2 Å². The van der Waals surface area contributed by atoms with Crippen LogP contribution in [0.25, 0.3) is 0 Å². The number of hydrogen-bond acceptors (Lipinski definition) is 6.